The Kier molecular flexibility index (Phi) is 8.53. The van der Waals surface area contributed by atoms with Crippen molar-refractivity contribution in [2.24, 2.45) is 4.99 Å². The van der Waals surface area contributed by atoms with Gasteiger partial charge in [-0.15, -0.1) is 0 Å². The van der Waals surface area contributed by atoms with Crippen LogP contribution >= 0.6 is 0 Å². The molecular formula is C13H25N3. The molecule has 0 heterocycles. The van der Waals surface area contributed by atoms with E-state index in [4.69, 9.17) is 0 Å². The molecule has 0 atom stereocenters. The summed E-state index contributed by atoms with van der Waals surface area (Å²) in [5.41, 5.74) is 2.19. The number of aliphatic imine (C=N–C) groups is 1. The maximum absolute atomic E-state index is 4.37. The number of hydrogen-bond acceptors (Lipinski definition) is 3. The molecule has 0 saturated heterocycles. The minimum absolute atomic E-state index is 0.994. The molecule has 16 heavy (non-hydrogen) atoms. The monoisotopic (exact) mass is 223 g/mol. The Balaban J connectivity index is 4.23. The second-order valence-corrected chi connectivity index (χ2v) is 3.68. The van der Waals surface area contributed by atoms with Gasteiger partial charge in [-0.1, -0.05) is 19.1 Å². The van der Waals surface area contributed by atoms with E-state index in [0.717, 1.165) is 31.0 Å². The number of rotatable bonds is 7. The van der Waals surface area contributed by atoms with Crippen molar-refractivity contribution in [3.8, 4) is 0 Å². The number of nitrogens with zero attached hydrogens (tertiary/aromatic N) is 2. The zero-order valence-corrected chi connectivity index (χ0v) is 11.2. The first-order chi connectivity index (χ1) is 7.65. The van der Waals surface area contributed by atoms with Crippen LogP contribution in [-0.4, -0.2) is 37.8 Å². The molecular weight excluding hydrogens is 198 g/mol. The van der Waals surface area contributed by atoms with E-state index in [9.17, 15) is 0 Å². The van der Waals surface area contributed by atoms with E-state index < -0.39 is 0 Å². The Hall–Kier alpha value is -1.09. The Bertz CT molecular complexity index is 264. The lowest BCUT2D eigenvalue weighted by Crippen LogP contribution is -2.29. The van der Waals surface area contributed by atoms with Gasteiger partial charge < -0.3 is 10.2 Å². The zero-order valence-electron chi connectivity index (χ0n) is 11.2. The molecule has 3 heteroatoms. The van der Waals surface area contributed by atoms with Crippen LogP contribution in [0.1, 0.15) is 27.7 Å². The highest BCUT2D eigenvalue weighted by Gasteiger charge is 1.99. The number of allylic oxidation sites excluding steroid dienone is 4. The number of hydrogen-bond donors (Lipinski definition) is 1. The van der Waals surface area contributed by atoms with Crippen molar-refractivity contribution in [1.82, 2.24) is 10.2 Å². The lowest BCUT2D eigenvalue weighted by atomic mass is 10.3. The van der Waals surface area contributed by atoms with Gasteiger partial charge in [0, 0.05) is 25.8 Å². The number of likely N-dealkylation sites (N-methyl/N-ethyl adjacent to an activating group) is 2. The SMILES string of the molecule is C\C=C(C)/N=C\C(=C/C)N(C)CCNCC. The maximum Gasteiger partial charge on any atom is 0.0506 e. The van der Waals surface area contributed by atoms with Crippen molar-refractivity contribution in [3.63, 3.8) is 0 Å². The third-order valence-corrected chi connectivity index (χ3v) is 2.43. The summed E-state index contributed by atoms with van der Waals surface area (Å²) in [5, 5.41) is 3.31. The minimum atomic E-state index is 0.994. The van der Waals surface area contributed by atoms with Gasteiger partial charge in [-0.2, -0.15) is 0 Å². The first-order valence-corrected chi connectivity index (χ1v) is 5.90. The molecule has 0 bridgehead atoms. The summed E-state index contributed by atoms with van der Waals surface area (Å²) in [7, 11) is 2.09. The first kappa shape index (κ1) is 14.9. The predicted octanol–water partition coefficient (Wildman–Crippen LogP) is 2.43. The van der Waals surface area contributed by atoms with Gasteiger partial charge in [-0.05, 0) is 27.3 Å². The summed E-state index contributed by atoms with van der Waals surface area (Å²) in [5.74, 6) is 0. The summed E-state index contributed by atoms with van der Waals surface area (Å²) < 4.78 is 0. The molecule has 0 fully saturated rings. The van der Waals surface area contributed by atoms with Gasteiger partial charge in [0.25, 0.3) is 0 Å². The van der Waals surface area contributed by atoms with Gasteiger partial charge >= 0.3 is 0 Å². The van der Waals surface area contributed by atoms with Crippen LogP contribution in [0.25, 0.3) is 0 Å². The fourth-order valence-electron chi connectivity index (χ4n) is 1.19. The Morgan fingerprint density at radius 3 is 2.50 bits per heavy atom. The molecule has 1 N–H and O–H groups in total. The van der Waals surface area contributed by atoms with Crippen LogP contribution in [0, 0.1) is 0 Å². The molecule has 0 rings (SSSR count). The third-order valence-electron chi connectivity index (χ3n) is 2.43. The highest BCUT2D eigenvalue weighted by atomic mass is 15.1. The standard InChI is InChI=1S/C13H25N3/c1-6-12(4)15-11-13(7-2)16(5)10-9-14-8-3/h6-7,11,14H,8-10H2,1-5H3/b12-6-,13-7+,15-11-. The largest absolute Gasteiger partial charge is 0.372 e. The van der Waals surface area contributed by atoms with Crippen LogP contribution in [0.15, 0.2) is 28.5 Å². The molecule has 0 aliphatic rings. The smallest absolute Gasteiger partial charge is 0.0506 e. The van der Waals surface area contributed by atoms with E-state index in [-0.39, 0.29) is 0 Å². The van der Waals surface area contributed by atoms with E-state index in [2.05, 4.69) is 35.3 Å². The first-order valence-electron chi connectivity index (χ1n) is 5.90. The molecule has 0 aromatic heterocycles. The molecule has 0 radical (unpaired) electrons. The van der Waals surface area contributed by atoms with Crippen LogP contribution < -0.4 is 5.32 Å². The van der Waals surface area contributed by atoms with Gasteiger partial charge in [0.05, 0.1) is 11.9 Å². The van der Waals surface area contributed by atoms with Crippen molar-refractivity contribution in [2.45, 2.75) is 27.7 Å². The van der Waals surface area contributed by atoms with E-state index >= 15 is 0 Å². The van der Waals surface area contributed by atoms with Crippen LogP contribution in [0.2, 0.25) is 0 Å². The van der Waals surface area contributed by atoms with E-state index in [0.29, 0.717) is 0 Å². The fraction of sp³-hybridized carbons (Fsp3) is 0.615. The summed E-state index contributed by atoms with van der Waals surface area (Å²) in [4.78, 5) is 6.57. The van der Waals surface area contributed by atoms with E-state index in [1.165, 1.54) is 0 Å². The average Bonchev–Trinajstić information content (AvgIpc) is 2.29. The quantitative estimate of drug-likeness (QED) is 0.530. The second-order valence-electron chi connectivity index (χ2n) is 3.68. The van der Waals surface area contributed by atoms with Crippen LogP contribution in [0.4, 0.5) is 0 Å². The third kappa shape index (κ3) is 6.40. The average molecular weight is 223 g/mol. The van der Waals surface area contributed by atoms with Gasteiger partial charge in [0.2, 0.25) is 0 Å². The molecule has 0 unspecified atom stereocenters. The Labute approximate surface area is 99.9 Å². The topological polar surface area (TPSA) is 27.6 Å². The van der Waals surface area contributed by atoms with Crippen LogP contribution in [0.5, 0.6) is 0 Å². The zero-order chi connectivity index (χ0) is 12.4. The predicted molar refractivity (Wildman–Crippen MR) is 72.9 cm³/mol. The van der Waals surface area contributed by atoms with Crippen LogP contribution in [0.3, 0.4) is 0 Å². The molecule has 0 aliphatic carbocycles. The summed E-state index contributed by atoms with van der Waals surface area (Å²) in [6.07, 6.45) is 6.00. The van der Waals surface area contributed by atoms with Gasteiger partial charge in [0.1, 0.15) is 0 Å². The normalized spacial score (nSPS) is 13.6. The summed E-state index contributed by atoms with van der Waals surface area (Å²) in [6, 6.07) is 0. The van der Waals surface area contributed by atoms with Crippen molar-refractivity contribution in [3.05, 3.63) is 23.5 Å². The molecule has 3 nitrogen and oxygen atoms in total. The molecule has 92 valence electrons. The highest BCUT2D eigenvalue weighted by molar-refractivity contribution is 5.78. The van der Waals surface area contributed by atoms with Crippen molar-refractivity contribution in [2.75, 3.05) is 26.7 Å². The Morgan fingerprint density at radius 1 is 1.31 bits per heavy atom. The molecule has 0 aliphatic heterocycles. The molecule has 0 aromatic rings. The maximum atomic E-state index is 4.37. The fourth-order valence-corrected chi connectivity index (χ4v) is 1.19. The molecule has 0 spiro atoms. The van der Waals surface area contributed by atoms with E-state index in [1.807, 2.05) is 33.1 Å². The molecule has 0 aromatic carbocycles. The minimum Gasteiger partial charge on any atom is -0.372 e. The lowest BCUT2D eigenvalue weighted by Gasteiger charge is -2.19. The highest BCUT2D eigenvalue weighted by Crippen LogP contribution is 2.00. The number of nitrogens with one attached hydrogen (secondary N) is 1. The molecule has 0 saturated carbocycles. The van der Waals surface area contributed by atoms with Gasteiger partial charge in [-0.25, -0.2) is 0 Å². The second kappa shape index (κ2) is 9.16. The van der Waals surface area contributed by atoms with Crippen molar-refractivity contribution < 1.29 is 0 Å². The Morgan fingerprint density at radius 2 is 2.00 bits per heavy atom. The van der Waals surface area contributed by atoms with Crippen LogP contribution in [-0.2, 0) is 0 Å². The van der Waals surface area contributed by atoms with Crippen molar-refractivity contribution >= 4 is 6.21 Å². The lowest BCUT2D eigenvalue weighted by molar-refractivity contribution is 0.429. The summed E-state index contributed by atoms with van der Waals surface area (Å²) >= 11 is 0. The van der Waals surface area contributed by atoms with Crippen molar-refractivity contribution in [1.29, 1.82) is 0 Å². The van der Waals surface area contributed by atoms with Gasteiger partial charge in [0.15, 0.2) is 0 Å². The van der Waals surface area contributed by atoms with Gasteiger partial charge in [-0.3, -0.25) is 4.99 Å². The van der Waals surface area contributed by atoms with E-state index in [1.54, 1.807) is 0 Å². The molecule has 0 amide bonds. The summed E-state index contributed by atoms with van der Waals surface area (Å²) in [6.45, 7) is 11.2.